The predicted molar refractivity (Wildman–Crippen MR) is 294 cm³/mol. The van der Waals surface area contributed by atoms with Crippen molar-refractivity contribution in [2.75, 3.05) is 19.8 Å². The zero-order chi connectivity index (χ0) is 56.4. The van der Waals surface area contributed by atoms with Crippen LogP contribution in [-0.4, -0.2) is 116 Å². The van der Waals surface area contributed by atoms with Crippen LogP contribution in [0, 0.1) is 34.5 Å². The third-order valence-corrected chi connectivity index (χ3v) is 17.7. The van der Waals surface area contributed by atoms with Crippen LogP contribution in [0.15, 0.2) is 78.4 Å². The zero-order valence-corrected chi connectivity index (χ0v) is 48.4. The van der Waals surface area contributed by atoms with E-state index in [9.17, 15) is 24.3 Å². The number of hydrogen-bond donors (Lipinski definition) is 1. The first-order valence-electron chi connectivity index (χ1n) is 29.3. The fourth-order valence-corrected chi connectivity index (χ4v) is 14.1. The molecule has 78 heavy (non-hydrogen) atoms. The lowest BCUT2D eigenvalue weighted by molar-refractivity contribution is -0.391. The molecule has 0 spiro atoms. The maximum absolute atomic E-state index is 14.9. The van der Waals surface area contributed by atoms with Gasteiger partial charge >= 0.3 is 24.1 Å². The number of allylic oxidation sites excluding steroid dienone is 4. The normalized spacial score (nSPS) is 33.1. The molecule has 3 saturated heterocycles. The van der Waals surface area contributed by atoms with E-state index in [1.807, 2.05) is 41.5 Å². The molecule has 15 nitrogen and oxygen atoms in total. The van der Waals surface area contributed by atoms with Gasteiger partial charge in [0.25, 0.3) is 0 Å². The van der Waals surface area contributed by atoms with E-state index in [2.05, 4.69) is 37.8 Å². The number of esters is 3. The Balaban J connectivity index is 1.05. The molecule has 0 aromatic heterocycles. The Bertz CT molecular complexity index is 2280. The van der Waals surface area contributed by atoms with Gasteiger partial charge < -0.3 is 52.5 Å². The lowest BCUT2D eigenvalue weighted by atomic mass is 9.49. The lowest BCUT2D eigenvalue weighted by Crippen LogP contribution is -2.80. The molecular weight excluding hydrogens is 997 g/mol. The van der Waals surface area contributed by atoms with E-state index in [1.54, 1.807) is 50.3 Å². The summed E-state index contributed by atoms with van der Waals surface area (Å²) in [7, 11) is 0. The van der Waals surface area contributed by atoms with Gasteiger partial charge in [-0.25, -0.2) is 14.4 Å². The van der Waals surface area contributed by atoms with Gasteiger partial charge in [0.2, 0.25) is 6.10 Å². The average Bonchev–Trinajstić information content (AvgIpc) is 3.50. The van der Waals surface area contributed by atoms with Crippen molar-refractivity contribution in [2.24, 2.45) is 34.5 Å². The first-order valence-corrected chi connectivity index (χ1v) is 29.3. The Morgan fingerprint density at radius 3 is 2.23 bits per heavy atom. The van der Waals surface area contributed by atoms with E-state index in [1.165, 1.54) is 45.4 Å². The van der Waals surface area contributed by atoms with Crippen molar-refractivity contribution in [1.29, 1.82) is 0 Å². The summed E-state index contributed by atoms with van der Waals surface area (Å²) in [6.45, 7) is 22.8. The van der Waals surface area contributed by atoms with Gasteiger partial charge in [0.15, 0.2) is 18.2 Å². The fourth-order valence-electron chi connectivity index (χ4n) is 14.1. The molecule has 1 aromatic rings. The van der Waals surface area contributed by atoms with Gasteiger partial charge in [0.1, 0.15) is 31.0 Å². The Labute approximate surface area is 464 Å². The van der Waals surface area contributed by atoms with Crippen LogP contribution in [0.3, 0.4) is 0 Å². The molecule has 2 saturated carbocycles. The Kier molecular flexibility index (Phi) is 21.1. The van der Waals surface area contributed by atoms with Gasteiger partial charge in [-0.3, -0.25) is 4.79 Å². The average molecular weight is 1090 g/mol. The molecule has 15 atom stereocenters. The monoisotopic (exact) mass is 1090 g/mol. The van der Waals surface area contributed by atoms with E-state index in [4.69, 9.17) is 47.4 Å². The summed E-state index contributed by atoms with van der Waals surface area (Å²) in [6, 6.07) is 8.58. The van der Waals surface area contributed by atoms with Crippen LogP contribution in [0.4, 0.5) is 4.79 Å². The highest BCUT2D eigenvalue weighted by molar-refractivity contribution is 5.89. The highest BCUT2D eigenvalue weighted by atomic mass is 16.8. The number of carbonyl (C=O) groups excluding carboxylic acids is 4. The fraction of sp³-hybridized carbons (Fsp3) is 0.714. The molecule has 3 heterocycles. The van der Waals surface area contributed by atoms with Crippen molar-refractivity contribution in [2.45, 2.75) is 232 Å². The molecular formula is C63H92O15. The maximum atomic E-state index is 14.9. The lowest BCUT2D eigenvalue weighted by Gasteiger charge is -2.67. The van der Waals surface area contributed by atoms with Crippen molar-refractivity contribution < 1.29 is 71.7 Å². The molecule has 7 rings (SSSR count). The van der Waals surface area contributed by atoms with Crippen LogP contribution in [-0.2, 0) is 57.0 Å². The van der Waals surface area contributed by atoms with Crippen LogP contribution in [0.2, 0.25) is 0 Å². The molecule has 0 bridgehead atoms. The summed E-state index contributed by atoms with van der Waals surface area (Å²) in [5.74, 6) is -3.78. The maximum Gasteiger partial charge on any atom is 0.509 e. The molecule has 3 aliphatic carbocycles. The second-order valence-corrected chi connectivity index (χ2v) is 24.2. The number of ether oxygens (including phenoxy) is 10. The predicted octanol–water partition coefficient (Wildman–Crippen LogP) is 12.0. The molecule has 434 valence electrons. The largest absolute Gasteiger partial charge is 0.509 e. The molecule has 1 aromatic carbocycles. The summed E-state index contributed by atoms with van der Waals surface area (Å²) in [5, 5.41) is 13.0. The first kappa shape index (κ1) is 61.2. The summed E-state index contributed by atoms with van der Waals surface area (Å²) in [4.78, 5) is 56.5. The quantitative estimate of drug-likeness (QED) is 0.0380. The summed E-state index contributed by atoms with van der Waals surface area (Å²) in [6.07, 6.45) is 16.6. The van der Waals surface area contributed by atoms with Gasteiger partial charge in [-0.2, -0.15) is 0 Å². The van der Waals surface area contributed by atoms with Crippen LogP contribution in [0.25, 0.3) is 0 Å². The molecule has 3 aliphatic heterocycles. The van der Waals surface area contributed by atoms with E-state index >= 15 is 0 Å². The zero-order valence-electron chi connectivity index (χ0n) is 48.4. The molecule has 0 radical (unpaired) electrons. The topological polar surface area (TPSA) is 181 Å². The second kappa shape index (κ2) is 26.9. The van der Waals surface area contributed by atoms with E-state index in [0.29, 0.717) is 24.0 Å². The minimum atomic E-state index is -1.70. The second-order valence-electron chi connectivity index (χ2n) is 24.2. The van der Waals surface area contributed by atoms with Crippen molar-refractivity contribution >= 4 is 24.1 Å². The highest BCUT2D eigenvalue weighted by Gasteiger charge is 2.80. The van der Waals surface area contributed by atoms with E-state index < -0.39 is 113 Å². The number of carbonyl (C=O) groups is 4. The standard InChI is InChI=1S/C63H92O15/c1-12-14-15-16-17-18-19-20-21-22-23-24-25-26-30-33-51-69-37-46(72-51)38-70-59(67)76-53(41(5)34-40(3)4)58(66)73-47-36-62(60(9,10)68)52(42(47)6)43(7)55-61(11)48(74-50(13-2)75-55)35-49-63(39-71-49,78-44(8)64)54(61)56(62)77-57(65)45-31-28-27-29-32-45/h13,16-17,19-20,27-29,31-32,40-41,43,46-51,53-56,68H,2,12,14-15,18,21-26,30,33-39H2,1,3-11H3/b17-16-,20-19-/t41-,43-,46?,47-,48-,49+,50-,51?,53+,54-,55-,56-,61+,62-,63-/m0/s1. The van der Waals surface area contributed by atoms with Crippen LogP contribution >= 0.6 is 0 Å². The molecule has 6 aliphatic rings. The number of unbranched alkanes of at least 4 members (excludes halogenated alkanes) is 8. The highest BCUT2D eigenvalue weighted by Crippen LogP contribution is 2.70. The Morgan fingerprint density at radius 1 is 0.897 bits per heavy atom. The first-order chi connectivity index (χ1) is 37.2. The van der Waals surface area contributed by atoms with Gasteiger partial charge in [0.05, 0.1) is 47.9 Å². The number of benzene rings is 1. The molecule has 15 heteroatoms. The SMILES string of the molecule is C=C[C@H]1O[C@H]2C[C@H]3OC[C@@]3(OC(C)=O)[C@H]3[C@H](OC(=O)c4ccccc4)[C@]4(C(C)(C)O)C[C@H](OC(=O)[C@H](OC(=O)OCC5COC(CCCCCCCC/C=C\C/C=C\CCCC)O5)[C@@H](C)CC(C)C)C(C)=C4[C@H](C)[C@H](O1)[C@]23C. The number of fused-ring (bicyclic) bond motifs is 3. The van der Waals surface area contributed by atoms with Gasteiger partial charge in [0, 0.05) is 37.0 Å². The van der Waals surface area contributed by atoms with E-state index in [-0.39, 0.29) is 44.0 Å². The molecule has 5 fully saturated rings. The smallest absolute Gasteiger partial charge is 0.457 e. The number of aliphatic hydroxyl groups is 1. The number of hydrogen-bond acceptors (Lipinski definition) is 15. The van der Waals surface area contributed by atoms with E-state index in [0.717, 1.165) is 38.5 Å². The van der Waals surface area contributed by atoms with Gasteiger partial charge in [-0.15, -0.1) is 0 Å². The third-order valence-electron chi connectivity index (χ3n) is 17.7. The minimum Gasteiger partial charge on any atom is -0.457 e. The van der Waals surface area contributed by atoms with Crippen LogP contribution in [0.1, 0.15) is 176 Å². The summed E-state index contributed by atoms with van der Waals surface area (Å²) >= 11 is 0. The van der Waals surface area contributed by atoms with Crippen molar-refractivity contribution in [3.8, 4) is 0 Å². The molecule has 0 amide bonds. The summed E-state index contributed by atoms with van der Waals surface area (Å²) in [5.41, 5.74) is -4.01. The molecule has 1 N–H and O–H groups in total. The summed E-state index contributed by atoms with van der Waals surface area (Å²) < 4.78 is 63.3. The number of rotatable bonds is 27. The van der Waals surface area contributed by atoms with Crippen molar-refractivity contribution in [3.05, 3.63) is 84.0 Å². The van der Waals surface area contributed by atoms with Gasteiger partial charge in [-0.05, 0) is 101 Å². The molecule has 2 unspecified atom stereocenters. The van der Waals surface area contributed by atoms with Gasteiger partial charge in [-0.1, -0.05) is 129 Å². The van der Waals surface area contributed by atoms with Crippen molar-refractivity contribution in [1.82, 2.24) is 0 Å². The van der Waals surface area contributed by atoms with Crippen molar-refractivity contribution in [3.63, 3.8) is 0 Å². The van der Waals surface area contributed by atoms with Crippen LogP contribution in [0.5, 0.6) is 0 Å². The van der Waals surface area contributed by atoms with Crippen LogP contribution < -0.4 is 0 Å². The third kappa shape index (κ3) is 13.3. The Hall–Kier alpha value is -4.38. The minimum absolute atomic E-state index is 0.00567. The Morgan fingerprint density at radius 2 is 1.59 bits per heavy atom.